The lowest BCUT2D eigenvalue weighted by Gasteiger charge is -2.26. The number of rotatable bonds is 11. The predicted molar refractivity (Wildman–Crippen MR) is 166 cm³/mol. The number of benzene rings is 2. The first-order valence-electron chi connectivity index (χ1n) is 13.5. The van der Waals surface area contributed by atoms with Gasteiger partial charge in [0.05, 0.1) is 70.3 Å². The zero-order valence-electron chi connectivity index (χ0n) is 25.5. The van der Waals surface area contributed by atoms with E-state index in [1.165, 1.54) is 47.2 Å². The monoisotopic (exact) mass is 622 g/mol. The fourth-order valence-electron chi connectivity index (χ4n) is 5.04. The van der Waals surface area contributed by atoms with Crippen molar-refractivity contribution in [2.75, 3.05) is 49.2 Å². The molecule has 0 fully saturated rings. The predicted octanol–water partition coefficient (Wildman–Crippen LogP) is 1.92. The van der Waals surface area contributed by atoms with Gasteiger partial charge in [0.2, 0.25) is 11.5 Å². The second-order valence-corrected chi connectivity index (χ2v) is 10.5. The number of nitriles is 1. The van der Waals surface area contributed by atoms with Crippen LogP contribution in [0.2, 0.25) is 0 Å². The normalized spacial score (nSPS) is 14.5. The molecule has 12 nitrogen and oxygen atoms in total. The lowest BCUT2D eigenvalue weighted by Crippen LogP contribution is -2.42. The number of hydrogen-bond acceptors (Lipinski definition) is 11. The van der Waals surface area contributed by atoms with Crippen molar-refractivity contribution in [1.82, 2.24) is 9.88 Å². The number of carbonyl (C=O) groups is 1. The van der Waals surface area contributed by atoms with Crippen LogP contribution in [-0.4, -0.2) is 59.7 Å². The van der Waals surface area contributed by atoms with Crippen LogP contribution >= 0.6 is 11.3 Å². The summed E-state index contributed by atoms with van der Waals surface area (Å²) in [6.07, 6.45) is 2.31. The number of fused-ring (bicyclic) bond motifs is 1. The average molecular weight is 623 g/mol. The van der Waals surface area contributed by atoms with Gasteiger partial charge in [-0.25, -0.2) is 0 Å². The zero-order chi connectivity index (χ0) is 32.1. The largest absolute Gasteiger partial charge is 0.493 e. The van der Waals surface area contributed by atoms with E-state index in [4.69, 9.17) is 34.2 Å². The van der Waals surface area contributed by atoms with Crippen LogP contribution in [0.25, 0.3) is 17.5 Å². The van der Waals surface area contributed by atoms with E-state index in [0.29, 0.717) is 58.6 Å². The standard InChI is InChI=1S/C31H34N4O8S/c1-8-9-34-29(36)25-24(17-13-21(40-4)27(43-7)22(14-17)41-5)18(15-32)28(33)35-30(37)23(44-31(25)35)12-16-10-19(38-2)26(42-6)20(11-16)39-3/h10-14,24H,8-9,33H2,1-7H3,(H,34,36)/b23-12+. The number of nitrogens with two attached hydrogens (primary N) is 1. The number of aromatic nitrogens is 1. The van der Waals surface area contributed by atoms with Crippen molar-refractivity contribution in [2.24, 2.45) is 5.73 Å². The minimum atomic E-state index is -0.947. The van der Waals surface area contributed by atoms with Gasteiger partial charge in [-0.3, -0.25) is 14.2 Å². The van der Waals surface area contributed by atoms with Crippen molar-refractivity contribution in [3.63, 3.8) is 0 Å². The molecule has 3 N–H and O–H groups in total. The van der Waals surface area contributed by atoms with Crippen LogP contribution in [0.15, 0.2) is 34.6 Å². The third-order valence-corrected chi connectivity index (χ3v) is 8.16. The molecule has 0 bridgehead atoms. The van der Waals surface area contributed by atoms with Crippen molar-refractivity contribution in [1.29, 1.82) is 5.26 Å². The van der Waals surface area contributed by atoms with Gasteiger partial charge < -0.3 is 39.5 Å². The Hall–Kier alpha value is -5.09. The van der Waals surface area contributed by atoms with Gasteiger partial charge in [0.1, 0.15) is 10.5 Å². The highest BCUT2D eigenvalue weighted by Crippen LogP contribution is 2.44. The van der Waals surface area contributed by atoms with Gasteiger partial charge in [0.15, 0.2) is 23.0 Å². The summed E-state index contributed by atoms with van der Waals surface area (Å²) in [7, 11) is 8.90. The van der Waals surface area contributed by atoms with Gasteiger partial charge >= 0.3 is 0 Å². The number of amides is 1. The number of hydrogen-bond donors (Lipinski definition) is 2. The summed E-state index contributed by atoms with van der Waals surface area (Å²) < 4.78 is 34.7. The number of thiazole rings is 1. The average Bonchev–Trinajstić information content (AvgIpc) is 3.36. The molecule has 1 aliphatic rings. The van der Waals surface area contributed by atoms with Gasteiger partial charge in [-0.05, 0) is 47.9 Å². The maximum absolute atomic E-state index is 13.9. The molecule has 232 valence electrons. The molecule has 3 aromatic rings. The zero-order valence-corrected chi connectivity index (χ0v) is 26.3. The molecule has 13 heteroatoms. The van der Waals surface area contributed by atoms with Crippen LogP contribution in [0.5, 0.6) is 34.5 Å². The van der Waals surface area contributed by atoms with Crippen molar-refractivity contribution >= 4 is 34.7 Å². The first-order chi connectivity index (χ1) is 21.2. The van der Waals surface area contributed by atoms with Crippen molar-refractivity contribution in [3.8, 4) is 40.6 Å². The van der Waals surface area contributed by atoms with Gasteiger partial charge in [0.25, 0.3) is 11.5 Å². The summed E-state index contributed by atoms with van der Waals surface area (Å²) in [5, 5.41) is 13.3. The van der Waals surface area contributed by atoms with Crippen LogP contribution in [0.4, 0.5) is 0 Å². The quantitative estimate of drug-likeness (QED) is 0.324. The molecule has 1 amide bonds. The summed E-state index contributed by atoms with van der Waals surface area (Å²) in [6.45, 7) is 2.30. The first kappa shape index (κ1) is 31.8. The maximum atomic E-state index is 13.9. The highest BCUT2D eigenvalue weighted by Gasteiger charge is 2.36. The van der Waals surface area contributed by atoms with E-state index in [-0.39, 0.29) is 26.2 Å². The molecule has 0 saturated carbocycles. The molecule has 1 unspecified atom stereocenters. The molecule has 2 aromatic carbocycles. The Balaban J connectivity index is 2.10. The van der Waals surface area contributed by atoms with Crippen LogP contribution in [0.1, 0.15) is 30.4 Å². The SMILES string of the molecule is CCCNC(=O)C1=c2s/c(=C/c3cc(OC)c(OC)c(OC)c3)c(=O)n2C(N)=C(C#N)C1c1cc(OC)c(OC)c(OC)c1. The number of methoxy groups -OCH3 is 6. The smallest absolute Gasteiger partial charge is 0.274 e. The molecule has 2 heterocycles. The molecule has 1 aromatic heterocycles. The summed E-state index contributed by atoms with van der Waals surface area (Å²) in [4.78, 5) is 27.7. The lowest BCUT2D eigenvalue weighted by atomic mass is 9.83. The van der Waals surface area contributed by atoms with Gasteiger partial charge in [-0.15, -0.1) is 11.3 Å². The first-order valence-corrected chi connectivity index (χ1v) is 14.3. The fourth-order valence-corrected chi connectivity index (χ4v) is 6.21. The highest BCUT2D eigenvalue weighted by molar-refractivity contribution is 7.07. The number of ether oxygens (including phenoxy) is 6. The van der Waals surface area contributed by atoms with Crippen molar-refractivity contribution in [3.05, 3.63) is 60.5 Å². The van der Waals surface area contributed by atoms with Crippen LogP contribution in [0.3, 0.4) is 0 Å². The minimum Gasteiger partial charge on any atom is -0.493 e. The Bertz CT molecular complexity index is 1800. The topological polar surface area (TPSA) is 156 Å². The summed E-state index contributed by atoms with van der Waals surface area (Å²) in [6, 6.07) is 8.86. The van der Waals surface area contributed by atoms with E-state index in [0.717, 1.165) is 11.3 Å². The molecule has 4 rings (SSSR count). The highest BCUT2D eigenvalue weighted by atomic mass is 32.1. The third kappa shape index (κ3) is 5.51. The van der Waals surface area contributed by atoms with Gasteiger partial charge in [0, 0.05) is 6.54 Å². The Kier molecular flexibility index (Phi) is 9.75. The Labute approximate surface area is 258 Å². The molecule has 0 saturated heterocycles. The second-order valence-electron chi connectivity index (χ2n) is 9.49. The molecule has 44 heavy (non-hydrogen) atoms. The maximum Gasteiger partial charge on any atom is 0.274 e. The third-order valence-electron chi connectivity index (χ3n) is 7.05. The number of nitrogens with one attached hydrogen (secondary N) is 1. The van der Waals surface area contributed by atoms with Crippen LogP contribution in [0, 0.1) is 11.3 Å². The summed E-state index contributed by atoms with van der Waals surface area (Å²) in [5.41, 5.74) is 7.33. The van der Waals surface area contributed by atoms with Gasteiger partial charge in [-0.2, -0.15) is 5.26 Å². The summed E-state index contributed by atoms with van der Waals surface area (Å²) >= 11 is 1.08. The van der Waals surface area contributed by atoms with E-state index < -0.39 is 17.4 Å². The fraction of sp³-hybridized carbons (Fsp3) is 0.323. The van der Waals surface area contributed by atoms with E-state index >= 15 is 0 Å². The van der Waals surface area contributed by atoms with Crippen molar-refractivity contribution < 1.29 is 33.2 Å². The molecular formula is C31H34N4O8S. The second kappa shape index (κ2) is 13.5. The molecule has 0 spiro atoms. The molecule has 1 atom stereocenters. The molecular weight excluding hydrogens is 588 g/mol. The van der Waals surface area contributed by atoms with E-state index in [1.54, 1.807) is 30.3 Å². The van der Waals surface area contributed by atoms with Crippen molar-refractivity contribution in [2.45, 2.75) is 19.3 Å². The van der Waals surface area contributed by atoms with Crippen LogP contribution < -0.4 is 54.2 Å². The van der Waals surface area contributed by atoms with E-state index in [1.807, 2.05) is 6.92 Å². The molecule has 1 aliphatic heterocycles. The number of nitrogens with zero attached hydrogens (tertiary/aromatic N) is 2. The van der Waals surface area contributed by atoms with E-state index in [2.05, 4.69) is 11.4 Å². The Morgan fingerprint density at radius 1 is 0.955 bits per heavy atom. The minimum absolute atomic E-state index is 0.0210. The van der Waals surface area contributed by atoms with Gasteiger partial charge in [-0.1, -0.05) is 6.92 Å². The molecule has 0 aliphatic carbocycles. The number of carbonyl (C=O) groups excluding carboxylic acids is 1. The number of allylic oxidation sites excluding steroid dienone is 1. The van der Waals surface area contributed by atoms with E-state index in [9.17, 15) is 14.9 Å². The van der Waals surface area contributed by atoms with Crippen LogP contribution in [-0.2, 0) is 4.79 Å². The Morgan fingerprint density at radius 2 is 1.48 bits per heavy atom. The summed E-state index contributed by atoms with van der Waals surface area (Å²) in [5.74, 6) is 0.734. The molecule has 0 radical (unpaired) electrons. The Morgan fingerprint density at radius 3 is 1.93 bits per heavy atom. The lowest BCUT2D eigenvalue weighted by molar-refractivity contribution is -0.115.